The molecule has 1 aromatic carbocycles. The third-order valence-corrected chi connectivity index (χ3v) is 3.44. The molecular weight excluding hydrogens is 224 g/mol. The van der Waals surface area contributed by atoms with Crippen LogP contribution in [-0.4, -0.2) is 12.6 Å². The molecule has 0 spiro atoms. The van der Waals surface area contributed by atoms with Gasteiger partial charge in [0.1, 0.15) is 11.8 Å². The summed E-state index contributed by atoms with van der Waals surface area (Å²) in [5, 5.41) is 12.1. The normalized spacial score (nSPS) is 23.1. The van der Waals surface area contributed by atoms with Gasteiger partial charge in [-0.3, -0.25) is 0 Å². The van der Waals surface area contributed by atoms with Crippen molar-refractivity contribution >= 4 is 5.69 Å². The molecule has 0 heterocycles. The maximum absolute atomic E-state index is 8.50. The second-order valence-electron chi connectivity index (χ2n) is 5.09. The largest absolute Gasteiger partial charge is 0.479 e. The van der Waals surface area contributed by atoms with E-state index in [0.717, 1.165) is 17.4 Å². The number of rotatable bonds is 4. The van der Waals surface area contributed by atoms with Crippen LogP contribution in [0.1, 0.15) is 32.6 Å². The van der Waals surface area contributed by atoms with Gasteiger partial charge in [-0.1, -0.05) is 25.8 Å². The quantitative estimate of drug-likeness (QED) is 0.880. The number of nitrogens with one attached hydrogen (secondary N) is 1. The molecule has 1 N–H and O–H groups in total. The van der Waals surface area contributed by atoms with E-state index in [1.807, 2.05) is 24.3 Å². The van der Waals surface area contributed by atoms with Crippen LogP contribution in [-0.2, 0) is 0 Å². The summed E-state index contributed by atoms with van der Waals surface area (Å²) in [4.78, 5) is 0. The van der Waals surface area contributed by atoms with Gasteiger partial charge in [-0.15, -0.1) is 0 Å². The minimum atomic E-state index is 0.101. The molecule has 0 saturated heterocycles. The highest BCUT2D eigenvalue weighted by Crippen LogP contribution is 2.27. The Morgan fingerprint density at radius 1 is 1.44 bits per heavy atom. The van der Waals surface area contributed by atoms with E-state index in [-0.39, 0.29) is 6.61 Å². The van der Waals surface area contributed by atoms with E-state index in [2.05, 4.69) is 18.3 Å². The van der Waals surface area contributed by atoms with Gasteiger partial charge < -0.3 is 10.1 Å². The van der Waals surface area contributed by atoms with Crippen LogP contribution in [0.25, 0.3) is 0 Å². The van der Waals surface area contributed by atoms with Crippen LogP contribution in [0.3, 0.4) is 0 Å². The zero-order valence-electron chi connectivity index (χ0n) is 10.9. The van der Waals surface area contributed by atoms with Crippen molar-refractivity contribution in [3.8, 4) is 11.8 Å². The van der Waals surface area contributed by atoms with Gasteiger partial charge in [0.05, 0.1) is 0 Å². The van der Waals surface area contributed by atoms with Gasteiger partial charge in [0, 0.05) is 17.8 Å². The van der Waals surface area contributed by atoms with Crippen molar-refractivity contribution in [2.24, 2.45) is 5.92 Å². The van der Waals surface area contributed by atoms with Gasteiger partial charge in [-0.05, 0) is 30.9 Å². The highest BCUT2D eigenvalue weighted by atomic mass is 16.5. The molecule has 18 heavy (non-hydrogen) atoms. The molecule has 0 aliphatic heterocycles. The number of anilines is 1. The SMILES string of the molecule is CC1CCCC(Nc2cccc(OCC#N)c2)C1. The van der Waals surface area contributed by atoms with E-state index in [9.17, 15) is 0 Å². The summed E-state index contributed by atoms with van der Waals surface area (Å²) in [6, 6.07) is 10.4. The summed E-state index contributed by atoms with van der Waals surface area (Å²) < 4.78 is 5.30. The van der Waals surface area contributed by atoms with E-state index >= 15 is 0 Å². The number of hydrogen-bond acceptors (Lipinski definition) is 3. The molecule has 1 aromatic rings. The zero-order valence-corrected chi connectivity index (χ0v) is 10.9. The molecule has 0 aromatic heterocycles. The lowest BCUT2D eigenvalue weighted by Crippen LogP contribution is -2.26. The first-order valence-corrected chi connectivity index (χ1v) is 6.64. The average Bonchev–Trinajstić information content (AvgIpc) is 2.37. The lowest BCUT2D eigenvalue weighted by molar-refractivity contribution is 0.357. The number of nitriles is 1. The third kappa shape index (κ3) is 3.66. The Kier molecular flexibility index (Phi) is 4.46. The minimum Gasteiger partial charge on any atom is -0.479 e. The van der Waals surface area contributed by atoms with Crippen molar-refractivity contribution in [1.29, 1.82) is 5.26 Å². The maximum Gasteiger partial charge on any atom is 0.174 e. The monoisotopic (exact) mass is 244 g/mol. The fourth-order valence-electron chi connectivity index (χ4n) is 2.59. The van der Waals surface area contributed by atoms with E-state index in [1.54, 1.807) is 0 Å². The van der Waals surface area contributed by atoms with Crippen molar-refractivity contribution in [3.63, 3.8) is 0 Å². The molecule has 0 bridgehead atoms. The van der Waals surface area contributed by atoms with Crippen molar-refractivity contribution in [2.75, 3.05) is 11.9 Å². The Bertz CT molecular complexity index is 425. The average molecular weight is 244 g/mol. The van der Waals surface area contributed by atoms with Gasteiger partial charge in [-0.2, -0.15) is 5.26 Å². The Morgan fingerprint density at radius 3 is 3.11 bits per heavy atom. The lowest BCUT2D eigenvalue weighted by atomic mass is 9.87. The molecule has 1 saturated carbocycles. The van der Waals surface area contributed by atoms with Crippen molar-refractivity contribution in [1.82, 2.24) is 0 Å². The topological polar surface area (TPSA) is 45.0 Å². The molecule has 2 unspecified atom stereocenters. The first-order valence-electron chi connectivity index (χ1n) is 6.64. The third-order valence-electron chi connectivity index (χ3n) is 3.44. The number of benzene rings is 1. The fraction of sp³-hybridized carbons (Fsp3) is 0.533. The van der Waals surface area contributed by atoms with Crippen LogP contribution in [0.5, 0.6) is 5.75 Å². The Hall–Kier alpha value is -1.69. The Labute approximate surface area is 109 Å². The van der Waals surface area contributed by atoms with Crippen LogP contribution in [0.2, 0.25) is 0 Å². The predicted molar refractivity (Wildman–Crippen MR) is 72.6 cm³/mol. The molecule has 1 fully saturated rings. The van der Waals surface area contributed by atoms with Gasteiger partial charge in [0.25, 0.3) is 0 Å². The number of hydrogen-bond donors (Lipinski definition) is 1. The predicted octanol–water partition coefficient (Wildman–Crippen LogP) is 3.58. The second-order valence-corrected chi connectivity index (χ2v) is 5.09. The summed E-state index contributed by atoms with van der Waals surface area (Å²) in [7, 11) is 0. The zero-order chi connectivity index (χ0) is 12.8. The highest BCUT2D eigenvalue weighted by molar-refractivity contribution is 5.49. The van der Waals surface area contributed by atoms with Gasteiger partial charge in [0.15, 0.2) is 6.61 Å². The first kappa shape index (κ1) is 12.8. The summed E-state index contributed by atoms with van der Waals surface area (Å²) in [5.41, 5.74) is 1.09. The van der Waals surface area contributed by atoms with Crippen molar-refractivity contribution in [3.05, 3.63) is 24.3 Å². The highest BCUT2D eigenvalue weighted by Gasteiger charge is 2.18. The van der Waals surface area contributed by atoms with Gasteiger partial charge in [-0.25, -0.2) is 0 Å². The van der Waals surface area contributed by atoms with Crippen LogP contribution in [0, 0.1) is 17.2 Å². The lowest BCUT2D eigenvalue weighted by Gasteiger charge is -2.28. The van der Waals surface area contributed by atoms with E-state index in [4.69, 9.17) is 10.00 Å². The summed E-state index contributed by atoms with van der Waals surface area (Å²) in [6.07, 6.45) is 5.14. The maximum atomic E-state index is 8.50. The molecule has 2 atom stereocenters. The summed E-state index contributed by atoms with van der Waals surface area (Å²) in [6.45, 7) is 2.42. The Morgan fingerprint density at radius 2 is 2.33 bits per heavy atom. The molecule has 96 valence electrons. The smallest absolute Gasteiger partial charge is 0.174 e. The van der Waals surface area contributed by atoms with Crippen LogP contribution in [0.4, 0.5) is 5.69 Å². The summed E-state index contributed by atoms with van der Waals surface area (Å²) >= 11 is 0. The molecule has 0 amide bonds. The standard InChI is InChI=1S/C15H20N2O/c1-12-4-2-5-13(10-12)17-14-6-3-7-15(11-14)18-9-8-16/h3,6-7,11-13,17H,2,4-5,9-10H2,1H3. The molecule has 1 aliphatic carbocycles. The fourth-order valence-corrected chi connectivity index (χ4v) is 2.59. The summed E-state index contributed by atoms with van der Waals surface area (Å²) in [5.74, 6) is 1.57. The molecule has 3 nitrogen and oxygen atoms in total. The minimum absolute atomic E-state index is 0.101. The van der Waals surface area contributed by atoms with E-state index < -0.39 is 0 Å². The van der Waals surface area contributed by atoms with Crippen molar-refractivity contribution < 1.29 is 4.74 Å². The van der Waals surface area contributed by atoms with E-state index in [1.165, 1.54) is 25.7 Å². The van der Waals surface area contributed by atoms with Gasteiger partial charge >= 0.3 is 0 Å². The molecule has 0 radical (unpaired) electrons. The number of nitrogens with zero attached hydrogens (tertiary/aromatic N) is 1. The molecule has 2 rings (SSSR count). The Balaban J connectivity index is 1.94. The first-order chi connectivity index (χ1) is 8.78. The van der Waals surface area contributed by atoms with Crippen LogP contribution < -0.4 is 10.1 Å². The van der Waals surface area contributed by atoms with Crippen molar-refractivity contribution in [2.45, 2.75) is 38.6 Å². The molecule has 3 heteroatoms. The van der Waals surface area contributed by atoms with Crippen LogP contribution >= 0.6 is 0 Å². The number of ether oxygens (including phenoxy) is 1. The van der Waals surface area contributed by atoms with Crippen LogP contribution in [0.15, 0.2) is 24.3 Å². The molecular formula is C15H20N2O. The van der Waals surface area contributed by atoms with Gasteiger partial charge in [0.2, 0.25) is 0 Å². The second kappa shape index (κ2) is 6.30. The van der Waals surface area contributed by atoms with E-state index in [0.29, 0.717) is 6.04 Å². The molecule has 1 aliphatic rings.